The van der Waals surface area contributed by atoms with Crippen molar-refractivity contribution in [1.29, 1.82) is 0 Å². The van der Waals surface area contributed by atoms with E-state index < -0.39 is 10.0 Å². The molecule has 1 saturated heterocycles. The lowest BCUT2D eigenvalue weighted by molar-refractivity contribution is 0.380. The molecule has 8 nitrogen and oxygen atoms in total. The number of aryl methyl sites for hydroxylation is 2. The highest BCUT2D eigenvalue weighted by molar-refractivity contribution is 7.89. The molecular formula is C14H19N5O3S. The minimum atomic E-state index is -3.70. The molecule has 0 aromatic carbocycles. The van der Waals surface area contributed by atoms with E-state index >= 15 is 0 Å². The maximum atomic E-state index is 13.0. The van der Waals surface area contributed by atoms with Gasteiger partial charge in [0.15, 0.2) is 5.76 Å². The third kappa shape index (κ3) is 2.75. The van der Waals surface area contributed by atoms with Crippen molar-refractivity contribution in [2.24, 2.45) is 5.73 Å². The molecule has 0 bridgehead atoms. The van der Waals surface area contributed by atoms with E-state index in [9.17, 15) is 8.42 Å². The summed E-state index contributed by atoms with van der Waals surface area (Å²) in [6, 6.07) is -0.340. The molecule has 1 fully saturated rings. The molecule has 23 heavy (non-hydrogen) atoms. The SMILES string of the molecule is Cc1noc(C)c1S(=O)(=O)N1CCCC1c1cncc(CN)n1. The van der Waals surface area contributed by atoms with Crippen LogP contribution in [0.25, 0.3) is 0 Å². The topological polar surface area (TPSA) is 115 Å². The number of nitrogens with two attached hydrogens (primary N) is 1. The summed E-state index contributed by atoms with van der Waals surface area (Å²) in [5.41, 5.74) is 7.24. The summed E-state index contributed by atoms with van der Waals surface area (Å²) in [4.78, 5) is 8.70. The van der Waals surface area contributed by atoms with Gasteiger partial charge in [-0.1, -0.05) is 5.16 Å². The summed E-state index contributed by atoms with van der Waals surface area (Å²) >= 11 is 0. The summed E-state index contributed by atoms with van der Waals surface area (Å²) in [7, 11) is -3.70. The van der Waals surface area contributed by atoms with Gasteiger partial charge in [0.2, 0.25) is 10.0 Å². The highest BCUT2D eigenvalue weighted by Gasteiger charge is 2.40. The number of aromatic nitrogens is 3. The summed E-state index contributed by atoms with van der Waals surface area (Å²) in [5, 5.41) is 3.75. The number of nitrogens with zero attached hydrogens (tertiary/aromatic N) is 4. The van der Waals surface area contributed by atoms with Gasteiger partial charge in [-0.3, -0.25) is 9.97 Å². The fourth-order valence-electron chi connectivity index (χ4n) is 2.97. The molecule has 2 aromatic heterocycles. The van der Waals surface area contributed by atoms with Crippen molar-refractivity contribution in [2.75, 3.05) is 6.54 Å². The van der Waals surface area contributed by atoms with Crippen LogP contribution in [0.1, 0.15) is 41.7 Å². The molecule has 0 spiro atoms. The van der Waals surface area contributed by atoms with Gasteiger partial charge in [-0.05, 0) is 26.7 Å². The van der Waals surface area contributed by atoms with E-state index in [1.807, 2.05) is 0 Å². The number of rotatable bonds is 4. The van der Waals surface area contributed by atoms with Gasteiger partial charge in [-0.25, -0.2) is 8.42 Å². The van der Waals surface area contributed by atoms with Crippen molar-refractivity contribution < 1.29 is 12.9 Å². The Balaban J connectivity index is 2.01. The van der Waals surface area contributed by atoms with Crippen molar-refractivity contribution >= 4 is 10.0 Å². The second-order valence-electron chi connectivity index (χ2n) is 5.57. The molecule has 1 aliphatic rings. The van der Waals surface area contributed by atoms with Gasteiger partial charge in [-0.2, -0.15) is 4.31 Å². The number of hydrogen-bond acceptors (Lipinski definition) is 7. The van der Waals surface area contributed by atoms with Crippen LogP contribution in [-0.2, 0) is 16.6 Å². The van der Waals surface area contributed by atoms with Crippen LogP contribution >= 0.6 is 0 Å². The predicted octanol–water partition coefficient (Wildman–Crippen LogP) is 1.07. The monoisotopic (exact) mass is 337 g/mol. The predicted molar refractivity (Wildman–Crippen MR) is 81.8 cm³/mol. The first-order valence-corrected chi connectivity index (χ1v) is 8.84. The van der Waals surface area contributed by atoms with E-state index in [1.165, 1.54) is 4.31 Å². The van der Waals surface area contributed by atoms with Crippen LogP contribution < -0.4 is 5.73 Å². The third-order valence-electron chi connectivity index (χ3n) is 3.99. The maximum absolute atomic E-state index is 13.0. The summed E-state index contributed by atoms with van der Waals surface area (Å²) in [6.07, 6.45) is 4.66. The first-order chi connectivity index (χ1) is 10.9. The van der Waals surface area contributed by atoms with Crippen LogP contribution in [0.3, 0.4) is 0 Å². The van der Waals surface area contributed by atoms with Gasteiger partial charge < -0.3 is 10.3 Å². The van der Waals surface area contributed by atoms with Crippen molar-refractivity contribution in [3.63, 3.8) is 0 Å². The number of hydrogen-bond donors (Lipinski definition) is 1. The Morgan fingerprint density at radius 3 is 2.83 bits per heavy atom. The molecule has 0 radical (unpaired) electrons. The first-order valence-electron chi connectivity index (χ1n) is 7.40. The largest absolute Gasteiger partial charge is 0.360 e. The zero-order chi connectivity index (χ0) is 16.6. The Labute approximate surface area is 134 Å². The molecule has 3 rings (SSSR count). The molecule has 0 aliphatic carbocycles. The van der Waals surface area contributed by atoms with E-state index in [0.717, 1.165) is 6.42 Å². The Hall–Kier alpha value is -1.84. The molecule has 1 unspecified atom stereocenters. The van der Waals surface area contributed by atoms with E-state index in [4.69, 9.17) is 10.3 Å². The van der Waals surface area contributed by atoms with Crippen molar-refractivity contribution in [2.45, 2.75) is 44.2 Å². The average Bonchev–Trinajstić information content (AvgIpc) is 3.15. The molecule has 1 aliphatic heterocycles. The minimum Gasteiger partial charge on any atom is -0.360 e. The Kier molecular flexibility index (Phi) is 4.17. The Morgan fingerprint density at radius 1 is 1.39 bits per heavy atom. The normalized spacial score (nSPS) is 19.3. The molecular weight excluding hydrogens is 318 g/mol. The fraction of sp³-hybridized carbons (Fsp3) is 0.500. The summed E-state index contributed by atoms with van der Waals surface area (Å²) in [5.74, 6) is 0.301. The van der Waals surface area contributed by atoms with Crippen LogP contribution in [0.15, 0.2) is 21.8 Å². The molecule has 2 aromatic rings. The van der Waals surface area contributed by atoms with Crippen molar-refractivity contribution in [3.05, 3.63) is 35.2 Å². The first kappa shape index (κ1) is 16.0. The second-order valence-corrected chi connectivity index (χ2v) is 7.39. The standard InChI is InChI=1S/C14H19N5O3S/c1-9-14(10(2)22-18-9)23(20,21)19-5-3-4-13(19)12-8-16-7-11(6-15)17-12/h7-8,13H,3-6,15H2,1-2H3. The zero-order valence-corrected chi connectivity index (χ0v) is 13.9. The fourth-order valence-corrected chi connectivity index (χ4v) is 4.93. The lowest BCUT2D eigenvalue weighted by Gasteiger charge is -2.23. The van der Waals surface area contributed by atoms with Crippen LogP contribution in [0, 0.1) is 13.8 Å². The minimum absolute atomic E-state index is 0.146. The van der Waals surface area contributed by atoms with Crippen LogP contribution in [0.2, 0.25) is 0 Å². The molecule has 0 amide bonds. The molecule has 9 heteroatoms. The lowest BCUT2D eigenvalue weighted by atomic mass is 10.2. The van der Waals surface area contributed by atoms with Gasteiger partial charge in [0.1, 0.15) is 10.6 Å². The van der Waals surface area contributed by atoms with Crippen LogP contribution in [0.4, 0.5) is 0 Å². The Bertz CT molecular complexity index is 798. The van der Waals surface area contributed by atoms with E-state index in [1.54, 1.807) is 26.2 Å². The molecule has 1 atom stereocenters. The molecule has 3 heterocycles. The van der Waals surface area contributed by atoms with Crippen molar-refractivity contribution in [3.8, 4) is 0 Å². The maximum Gasteiger partial charge on any atom is 0.249 e. The van der Waals surface area contributed by atoms with E-state index in [-0.39, 0.29) is 17.5 Å². The molecule has 0 saturated carbocycles. The van der Waals surface area contributed by atoms with E-state index in [0.29, 0.717) is 35.8 Å². The summed E-state index contributed by atoms with van der Waals surface area (Å²) in [6.45, 7) is 3.94. The van der Waals surface area contributed by atoms with Gasteiger partial charge in [0.05, 0.1) is 23.6 Å². The van der Waals surface area contributed by atoms with Gasteiger partial charge in [-0.15, -0.1) is 0 Å². The highest BCUT2D eigenvalue weighted by Crippen LogP contribution is 2.37. The second kappa shape index (κ2) is 5.99. The Morgan fingerprint density at radius 2 is 2.17 bits per heavy atom. The summed E-state index contributed by atoms with van der Waals surface area (Å²) < 4.78 is 32.5. The quantitative estimate of drug-likeness (QED) is 0.887. The van der Waals surface area contributed by atoms with Crippen molar-refractivity contribution in [1.82, 2.24) is 19.4 Å². The smallest absolute Gasteiger partial charge is 0.249 e. The van der Waals surface area contributed by atoms with Gasteiger partial charge >= 0.3 is 0 Å². The zero-order valence-electron chi connectivity index (χ0n) is 13.1. The van der Waals surface area contributed by atoms with Crippen LogP contribution in [0.5, 0.6) is 0 Å². The molecule has 124 valence electrons. The van der Waals surface area contributed by atoms with E-state index in [2.05, 4.69) is 15.1 Å². The van der Waals surface area contributed by atoms with Gasteiger partial charge in [0, 0.05) is 19.3 Å². The third-order valence-corrected chi connectivity index (χ3v) is 6.15. The van der Waals surface area contributed by atoms with Crippen LogP contribution in [-0.4, -0.2) is 34.4 Å². The lowest BCUT2D eigenvalue weighted by Crippen LogP contribution is -2.32. The van der Waals surface area contributed by atoms with Gasteiger partial charge in [0.25, 0.3) is 0 Å². The highest BCUT2D eigenvalue weighted by atomic mass is 32.2. The average molecular weight is 337 g/mol. The number of sulfonamides is 1. The molecule has 2 N–H and O–H groups in total.